The van der Waals surface area contributed by atoms with Gasteiger partial charge in [0.1, 0.15) is 0 Å². The molecule has 3 nitrogen and oxygen atoms in total. The van der Waals surface area contributed by atoms with Gasteiger partial charge in [-0.1, -0.05) is 19.1 Å². The van der Waals surface area contributed by atoms with Crippen molar-refractivity contribution < 1.29 is 4.74 Å². The third-order valence-corrected chi connectivity index (χ3v) is 3.81. The fourth-order valence-electron chi connectivity index (χ4n) is 2.63. The molecule has 2 rings (SSSR count). The average molecular weight is 252 g/mol. The summed E-state index contributed by atoms with van der Waals surface area (Å²) >= 11 is 0. The Hall–Kier alpha value is -0.380. The number of nitrogens with zero attached hydrogens (tertiary/aromatic N) is 1. The van der Waals surface area contributed by atoms with E-state index in [4.69, 9.17) is 4.74 Å². The van der Waals surface area contributed by atoms with Gasteiger partial charge in [-0.05, 0) is 39.2 Å². The summed E-state index contributed by atoms with van der Waals surface area (Å²) in [5.74, 6) is 0. The first-order valence-corrected chi connectivity index (χ1v) is 7.43. The quantitative estimate of drug-likeness (QED) is 0.670. The molecular weight excluding hydrogens is 224 g/mol. The van der Waals surface area contributed by atoms with Gasteiger partial charge >= 0.3 is 0 Å². The molecule has 2 unspecified atom stereocenters. The molecule has 1 aliphatic heterocycles. The molecule has 104 valence electrons. The zero-order chi connectivity index (χ0) is 13.0. The topological polar surface area (TPSA) is 24.5 Å². The van der Waals surface area contributed by atoms with Gasteiger partial charge in [0.2, 0.25) is 0 Å². The molecule has 1 saturated heterocycles. The SMILES string of the molecule is C=C(C)CN(CC)CC1CCC(CNC2CC2)O1. The summed E-state index contributed by atoms with van der Waals surface area (Å²) in [5, 5.41) is 3.57. The Morgan fingerprint density at radius 1 is 1.28 bits per heavy atom. The number of hydrogen-bond donors (Lipinski definition) is 1. The van der Waals surface area contributed by atoms with Crippen LogP contribution in [0, 0.1) is 0 Å². The van der Waals surface area contributed by atoms with E-state index in [1.165, 1.54) is 31.3 Å². The van der Waals surface area contributed by atoms with Crippen molar-refractivity contribution in [2.75, 3.05) is 26.2 Å². The van der Waals surface area contributed by atoms with E-state index in [-0.39, 0.29) is 0 Å². The van der Waals surface area contributed by atoms with Crippen molar-refractivity contribution in [3.05, 3.63) is 12.2 Å². The van der Waals surface area contributed by atoms with Gasteiger partial charge in [-0.3, -0.25) is 4.90 Å². The summed E-state index contributed by atoms with van der Waals surface area (Å²) in [4.78, 5) is 2.43. The Kier molecular flexibility index (Phi) is 5.22. The summed E-state index contributed by atoms with van der Waals surface area (Å²) in [6.07, 6.45) is 6.02. The molecule has 1 saturated carbocycles. The van der Waals surface area contributed by atoms with Gasteiger partial charge in [-0.25, -0.2) is 0 Å². The lowest BCUT2D eigenvalue weighted by molar-refractivity contribution is 0.0257. The molecule has 0 bridgehead atoms. The van der Waals surface area contributed by atoms with Crippen molar-refractivity contribution in [1.29, 1.82) is 0 Å². The number of rotatable bonds is 8. The van der Waals surface area contributed by atoms with Crippen molar-refractivity contribution in [2.24, 2.45) is 0 Å². The van der Waals surface area contributed by atoms with E-state index < -0.39 is 0 Å². The molecule has 0 radical (unpaired) electrons. The van der Waals surface area contributed by atoms with Crippen LogP contribution in [0.15, 0.2) is 12.2 Å². The van der Waals surface area contributed by atoms with E-state index in [1.807, 2.05) is 0 Å². The minimum atomic E-state index is 0.426. The molecule has 0 amide bonds. The van der Waals surface area contributed by atoms with Gasteiger partial charge in [-0.2, -0.15) is 0 Å². The third-order valence-electron chi connectivity index (χ3n) is 3.81. The summed E-state index contributed by atoms with van der Waals surface area (Å²) < 4.78 is 6.12. The van der Waals surface area contributed by atoms with Crippen LogP contribution >= 0.6 is 0 Å². The molecule has 1 aliphatic carbocycles. The summed E-state index contributed by atoms with van der Waals surface area (Å²) in [5.41, 5.74) is 1.24. The summed E-state index contributed by atoms with van der Waals surface area (Å²) in [7, 11) is 0. The van der Waals surface area contributed by atoms with Crippen molar-refractivity contribution in [1.82, 2.24) is 10.2 Å². The second-order valence-electron chi connectivity index (χ2n) is 5.92. The van der Waals surface area contributed by atoms with E-state index in [9.17, 15) is 0 Å². The highest BCUT2D eigenvalue weighted by atomic mass is 16.5. The standard InChI is InChI=1S/C15H28N2O/c1-4-17(10-12(2)3)11-15-8-7-14(18-15)9-16-13-5-6-13/h13-16H,2,4-11H2,1,3H3. The van der Waals surface area contributed by atoms with Crippen LogP contribution in [0.25, 0.3) is 0 Å². The predicted octanol–water partition coefficient (Wildman–Crippen LogP) is 2.18. The Labute approximate surface area is 112 Å². The third kappa shape index (κ3) is 4.71. The average Bonchev–Trinajstić information content (AvgIpc) is 3.06. The van der Waals surface area contributed by atoms with E-state index in [0.717, 1.165) is 32.2 Å². The van der Waals surface area contributed by atoms with Crippen LogP contribution < -0.4 is 5.32 Å². The Bertz CT molecular complexity index is 276. The Morgan fingerprint density at radius 3 is 2.61 bits per heavy atom. The van der Waals surface area contributed by atoms with Gasteiger partial charge in [0.15, 0.2) is 0 Å². The number of ether oxygens (including phenoxy) is 1. The molecule has 0 aromatic rings. The largest absolute Gasteiger partial charge is 0.372 e. The molecule has 0 aromatic heterocycles. The van der Waals surface area contributed by atoms with Crippen LogP contribution in [0.5, 0.6) is 0 Å². The van der Waals surface area contributed by atoms with Crippen molar-refractivity contribution in [3.8, 4) is 0 Å². The number of hydrogen-bond acceptors (Lipinski definition) is 3. The minimum absolute atomic E-state index is 0.426. The van der Waals surface area contributed by atoms with E-state index >= 15 is 0 Å². The first-order valence-electron chi connectivity index (χ1n) is 7.43. The highest BCUT2D eigenvalue weighted by Gasteiger charge is 2.28. The highest BCUT2D eigenvalue weighted by Crippen LogP contribution is 2.23. The Morgan fingerprint density at radius 2 is 2.00 bits per heavy atom. The van der Waals surface area contributed by atoms with Crippen LogP contribution in [0.1, 0.15) is 39.5 Å². The van der Waals surface area contributed by atoms with Crippen LogP contribution in [0.3, 0.4) is 0 Å². The second-order valence-corrected chi connectivity index (χ2v) is 5.92. The molecule has 0 aromatic carbocycles. The molecule has 1 heterocycles. The first kappa shape index (κ1) is 14.0. The maximum atomic E-state index is 6.12. The molecule has 18 heavy (non-hydrogen) atoms. The summed E-state index contributed by atoms with van der Waals surface area (Å²) in [6.45, 7) is 12.5. The maximum Gasteiger partial charge on any atom is 0.0707 e. The fraction of sp³-hybridized carbons (Fsp3) is 0.867. The number of likely N-dealkylation sites (N-methyl/N-ethyl adjacent to an activating group) is 1. The zero-order valence-electron chi connectivity index (χ0n) is 12.0. The predicted molar refractivity (Wildman–Crippen MR) is 75.8 cm³/mol. The first-order chi connectivity index (χ1) is 8.67. The monoisotopic (exact) mass is 252 g/mol. The van der Waals surface area contributed by atoms with E-state index in [0.29, 0.717) is 12.2 Å². The van der Waals surface area contributed by atoms with Crippen molar-refractivity contribution in [3.63, 3.8) is 0 Å². The maximum absolute atomic E-state index is 6.12. The number of nitrogens with one attached hydrogen (secondary N) is 1. The lowest BCUT2D eigenvalue weighted by Crippen LogP contribution is -2.35. The van der Waals surface area contributed by atoms with Gasteiger partial charge in [-0.15, -0.1) is 0 Å². The minimum Gasteiger partial charge on any atom is -0.372 e. The van der Waals surface area contributed by atoms with Crippen LogP contribution in [-0.2, 0) is 4.74 Å². The normalized spacial score (nSPS) is 27.9. The lowest BCUT2D eigenvalue weighted by Gasteiger charge is -2.24. The molecule has 0 spiro atoms. The Balaban J connectivity index is 1.65. The second kappa shape index (κ2) is 6.69. The molecule has 3 heteroatoms. The van der Waals surface area contributed by atoms with E-state index in [1.54, 1.807) is 0 Å². The summed E-state index contributed by atoms with van der Waals surface area (Å²) in [6, 6.07) is 0.795. The zero-order valence-corrected chi connectivity index (χ0v) is 12.0. The highest BCUT2D eigenvalue weighted by molar-refractivity contribution is 4.92. The van der Waals surface area contributed by atoms with Crippen LogP contribution in [-0.4, -0.2) is 49.3 Å². The molecule has 2 aliphatic rings. The van der Waals surface area contributed by atoms with Crippen LogP contribution in [0.2, 0.25) is 0 Å². The van der Waals surface area contributed by atoms with Gasteiger partial charge in [0.25, 0.3) is 0 Å². The fourth-order valence-corrected chi connectivity index (χ4v) is 2.63. The van der Waals surface area contributed by atoms with Crippen molar-refractivity contribution in [2.45, 2.75) is 57.8 Å². The molecule has 2 fully saturated rings. The molecular formula is C15H28N2O. The van der Waals surface area contributed by atoms with Gasteiger partial charge in [0, 0.05) is 25.7 Å². The smallest absolute Gasteiger partial charge is 0.0707 e. The molecule has 1 N–H and O–H groups in total. The van der Waals surface area contributed by atoms with Crippen molar-refractivity contribution >= 4 is 0 Å². The van der Waals surface area contributed by atoms with Gasteiger partial charge in [0.05, 0.1) is 12.2 Å². The molecule has 2 atom stereocenters. The lowest BCUT2D eigenvalue weighted by atomic mass is 10.2. The van der Waals surface area contributed by atoms with E-state index in [2.05, 4.69) is 30.6 Å². The van der Waals surface area contributed by atoms with Crippen LogP contribution in [0.4, 0.5) is 0 Å². The van der Waals surface area contributed by atoms with Gasteiger partial charge < -0.3 is 10.1 Å².